The number of carbonyl (C=O) groups excluding carboxylic acids is 2. The summed E-state index contributed by atoms with van der Waals surface area (Å²) in [6.45, 7) is 0. The molecular formula is C23H25N3O5. The first-order chi connectivity index (χ1) is 14.9. The molecule has 1 fully saturated rings. The lowest BCUT2D eigenvalue weighted by Gasteiger charge is -2.26. The third kappa shape index (κ3) is 5.09. The molecule has 3 rings (SSSR count). The molecule has 1 N–H and O–H groups in total. The van der Waals surface area contributed by atoms with E-state index in [0.29, 0.717) is 16.9 Å². The molecule has 162 valence electrons. The summed E-state index contributed by atoms with van der Waals surface area (Å²) in [4.78, 5) is 37.9. The predicted octanol–water partition coefficient (Wildman–Crippen LogP) is 3.78. The molecule has 0 radical (unpaired) electrons. The summed E-state index contributed by atoms with van der Waals surface area (Å²) in [5.41, 5.74) is 1.03. The maximum absolute atomic E-state index is 13.3. The van der Waals surface area contributed by atoms with E-state index in [2.05, 4.69) is 5.32 Å². The summed E-state index contributed by atoms with van der Waals surface area (Å²) in [5.74, 6) is -0.162. The van der Waals surface area contributed by atoms with Gasteiger partial charge in [0.05, 0.1) is 17.6 Å². The molecule has 0 bridgehead atoms. The number of likely N-dealkylation sites (N-methyl/N-ethyl adjacent to an activating group) is 1. The van der Waals surface area contributed by atoms with Crippen molar-refractivity contribution in [1.82, 2.24) is 10.2 Å². The molecule has 8 heteroatoms. The highest BCUT2D eigenvalue weighted by Gasteiger charge is 2.27. The first kappa shape index (κ1) is 22.0. The second-order valence-electron chi connectivity index (χ2n) is 7.39. The Hall–Kier alpha value is -3.68. The minimum Gasteiger partial charge on any atom is -0.496 e. The fraction of sp³-hybridized carbons (Fsp3) is 0.304. The van der Waals surface area contributed by atoms with Crippen LogP contribution in [0.5, 0.6) is 5.75 Å². The summed E-state index contributed by atoms with van der Waals surface area (Å²) in [5, 5.41) is 13.5. The zero-order valence-electron chi connectivity index (χ0n) is 17.5. The summed E-state index contributed by atoms with van der Waals surface area (Å²) in [6, 6.07) is 12.6. The second kappa shape index (κ2) is 9.88. The smallest absolute Gasteiger partial charge is 0.269 e. The Bertz CT molecular complexity index is 995. The molecular weight excluding hydrogens is 398 g/mol. The van der Waals surface area contributed by atoms with E-state index < -0.39 is 10.8 Å². The Kier molecular flexibility index (Phi) is 7.02. The number of non-ortho nitro benzene ring substituents is 1. The molecule has 0 heterocycles. The Balaban J connectivity index is 1.89. The zero-order chi connectivity index (χ0) is 22.4. The van der Waals surface area contributed by atoms with Crippen LogP contribution in [-0.4, -0.2) is 41.8 Å². The molecule has 1 saturated carbocycles. The molecule has 31 heavy (non-hydrogen) atoms. The van der Waals surface area contributed by atoms with Crippen LogP contribution in [-0.2, 0) is 4.79 Å². The highest BCUT2D eigenvalue weighted by atomic mass is 16.6. The number of ether oxygens (including phenoxy) is 1. The van der Waals surface area contributed by atoms with Crippen LogP contribution < -0.4 is 10.1 Å². The zero-order valence-corrected chi connectivity index (χ0v) is 17.5. The van der Waals surface area contributed by atoms with Gasteiger partial charge in [-0.05, 0) is 31.0 Å². The van der Waals surface area contributed by atoms with Crippen molar-refractivity contribution >= 4 is 23.1 Å². The quantitative estimate of drug-likeness (QED) is 0.415. The number of nitrogens with one attached hydrogen (secondary N) is 1. The molecule has 0 unspecified atom stereocenters. The average Bonchev–Trinajstić information content (AvgIpc) is 3.33. The van der Waals surface area contributed by atoms with Crippen LogP contribution in [0.2, 0.25) is 0 Å². The van der Waals surface area contributed by atoms with Crippen LogP contribution in [0, 0.1) is 10.1 Å². The lowest BCUT2D eigenvalue weighted by Crippen LogP contribution is -2.36. The molecule has 2 aromatic carbocycles. The number of hydrogen-bond donors (Lipinski definition) is 1. The maximum Gasteiger partial charge on any atom is 0.269 e. The standard InChI is InChI=1S/C23H25N3O5/c1-25(17-7-3-4-8-17)23(28)20(19-9-5-6-10-21(19)31-2)15-24-22(27)16-11-13-18(14-12-16)26(29)30/h5-6,9-15,17H,3-4,7-8H2,1-2H3,(H,24,27). The maximum atomic E-state index is 13.3. The van der Waals surface area contributed by atoms with E-state index in [0.717, 1.165) is 25.7 Å². The molecule has 2 amide bonds. The first-order valence-electron chi connectivity index (χ1n) is 10.1. The highest BCUT2D eigenvalue weighted by molar-refractivity contribution is 6.20. The number of hydrogen-bond acceptors (Lipinski definition) is 5. The van der Waals surface area contributed by atoms with Gasteiger partial charge < -0.3 is 15.0 Å². The number of methoxy groups -OCH3 is 1. The summed E-state index contributed by atoms with van der Waals surface area (Å²) < 4.78 is 5.42. The minimum atomic E-state index is -0.529. The highest BCUT2D eigenvalue weighted by Crippen LogP contribution is 2.30. The van der Waals surface area contributed by atoms with Crippen molar-refractivity contribution in [1.29, 1.82) is 0 Å². The van der Waals surface area contributed by atoms with Gasteiger partial charge in [-0.1, -0.05) is 31.0 Å². The van der Waals surface area contributed by atoms with E-state index in [1.165, 1.54) is 37.6 Å². The fourth-order valence-corrected chi connectivity index (χ4v) is 3.72. The minimum absolute atomic E-state index is 0.102. The SMILES string of the molecule is COc1ccccc1C(=CNC(=O)c1ccc([N+](=O)[O-])cc1)C(=O)N(C)C1CCCC1. The molecule has 8 nitrogen and oxygen atoms in total. The normalized spacial score (nSPS) is 14.2. The van der Waals surface area contributed by atoms with Gasteiger partial charge in [0.1, 0.15) is 5.75 Å². The van der Waals surface area contributed by atoms with Crippen LogP contribution in [0.25, 0.3) is 5.57 Å². The number of benzene rings is 2. The number of amides is 2. The lowest BCUT2D eigenvalue weighted by atomic mass is 10.0. The number of nitrogens with zero attached hydrogens (tertiary/aromatic N) is 2. The van der Waals surface area contributed by atoms with Crippen molar-refractivity contribution in [3.8, 4) is 5.75 Å². The Morgan fingerprint density at radius 1 is 1.13 bits per heavy atom. The number of para-hydroxylation sites is 1. The van der Waals surface area contributed by atoms with Crippen LogP contribution in [0.4, 0.5) is 5.69 Å². The van der Waals surface area contributed by atoms with E-state index in [1.807, 2.05) is 0 Å². The molecule has 1 aliphatic carbocycles. The molecule has 0 aliphatic heterocycles. The second-order valence-corrected chi connectivity index (χ2v) is 7.39. The van der Waals surface area contributed by atoms with Crippen molar-refractivity contribution in [3.63, 3.8) is 0 Å². The van der Waals surface area contributed by atoms with Gasteiger partial charge in [-0.3, -0.25) is 19.7 Å². The molecule has 1 aliphatic rings. The topological polar surface area (TPSA) is 102 Å². The van der Waals surface area contributed by atoms with Gasteiger partial charge >= 0.3 is 0 Å². The van der Waals surface area contributed by atoms with Crippen molar-refractivity contribution in [2.75, 3.05) is 14.2 Å². The lowest BCUT2D eigenvalue weighted by molar-refractivity contribution is -0.384. The molecule has 0 aromatic heterocycles. The number of nitro groups is 1. The van der Waals surface area contributed by atoms with Gasteiger partial charge in [0.15, 0.2) is 0 Å². The summed E-state index contributed by atoms with van der Waals surface area (Å²) in [6.07, 6.45) is 5.47. The van der Waals surface area contributed by atoms with Crippen LogP contribution in [0.3, 0.4) is 0 Å². The van der Waals surface area contributed by atoms with Crippen LogP contribution in [0.15, 0.2) is 54.7 Å². The van der Waals surface area contributed by atoms with E-state index in [-0.39, 0.29) is 23.2 Å². The van der Waals surface area contributed by atoms with Crippen molar-refractivity contribution in [2.24, 2.45) is 0 Å². The largest absolute Gasteiger partial charge is 0.496 e. The van der Waals surface area contributed by atoms with Gasteiger partial charge in [-0.25, -0.2) is 0 Å². The first-order valence-corrected chi connectivity index (χ1v) is 10.1. The van der Waals surface area contributed by atoms with Crippen molar-refractivity contribution in [3.05, 3.63) is 76.0 Å². The predicted molar refractivity (Wildman–Crippen MR) is 117 cm³/mol. The van der Waals surface area contributed by atoms with Gasteiger partial charge in [-0.2, -0.15) is 0 Å². The average molecular weight is 423 g/mol. The molecule has 0 saturated heterocycles. The number of rotatable bonds is 7. The van der Waals surface area contributed by atoms with E-state index in [4.69, 9.17) is 4.74 Å². The number of nitro benzene ring substituents is 1. The Morgan fingerprint density at radius 3 is 2.39 bits per heavy atom. The monoisotopic (exact) mass is 423 g/mol. The Morgan fingerprint density at radius 2 is 1.77 bits per heavy atom. The van der Waals surface area contributed by atoms with Crippen LogP contribution in [0.1, 0.15) is 41.6 Å². The Labute approximate surface area is 180 Å². The summed E-state index contributed by atoms with van der Waals surface area (Å²) in [7, 11) is 3.30. The van der Waals surface area contributed by atoms with E-state index >= 15 is 0 Å². The van der Waals surface area contributed by atoms with Gasteiger partial charge in [0.2, 0.25) is 0 Å². The molecule has 0 atom stereocenters. The summed E-state index contributed by atoms with van der Waals surface area (Å²) >= 11 is 0. The fourth-order valence-electron chi connectivity index (χ4n) is 3.72. The van der Waals surface area contributed by atoms with Crippen molar-refractivity contribution < 1.29 is 19.2 Å². The van der Waals surface area contributed by atoms with E-state index in [9.17, 15) is 19.7 Å². The van der Waals surface area contributed by atoms with Crippen molar-refractivity contribution in [2.45, 2.75) is 31.7 Å². The molecule has 0 spiro atoms. The van der Waals surface area contributed by atoms with E-state index in [1.54, 1.807) is 36.2 Å². The van der Waals surface area contributed by atoms with Gasteiger partial charge in [0.25, 0.3) is 17.5 Å². The third-order valence-corrected chi connectivity index (χ3v) is 5.51. The van der Waals surface area contributed by atoms with Crippen LogP contribution >= 0.6 is 0 Å². The number of carbonyl (C=O) groups is 2. The van der Waals surface area contributed by atoms with Gasteiger partial charge in [0, 0.05) is 42.5 Å². The third-order valence-electron chi connectivity index (χ3n) is 5.51. The van der Waals surface area contributed by atoms with Gasteiger partial charge in [-0.15, -0.1) is 0 Å². The molecule has 2 aromatic rings.